The summed E-state index contributed by atoms with van der Waals surface area (Å²) in [6, 6.07) is 3.57. The number of hydrogen-bond acceptors (Lipinski definition) is 6. The summed E-state index contributed by atoms with van der Waals surface area (Å²) < 4.78 is 4.79. The molecule has 1 rings (SSSR count). The summed E-state index contributed by atoms with van der Waals surface area (Å²) in [6.07, 6.45) is 0. The Morgan fingerprint density at radius 3 is 2.21 bits per heavy atom. The lowest BCUT2D eigenvalue weighted by atomic mass is 10.1. The molecule has 0 atom stereocenters. The number of anilines is 2. The summed E-state index contributed by atoms with van der Waals surface area (Å²) >= 11 is 0. The Kier molecular flexibility index (Phi) is 2.40. The Bertz CT molecular complexity index is 454. The average Bonchev–Trinajstić information content (AvgIpc) is 2.17. The molecular formula is C8H7N5O. The summed E-state index contributed by atoms with van der Waals surface area (Å²) in [4.78, 5) is 3.72. The van der Waals surface area contributed by atoms with Crippen LogP contribution in [-0.2, 0) is 0 Å². The van der Waals surface area contributed by atoms with E-state index in [1.54, 1.807) is 12.1 Å². The van der Waals surface area contributed by atoms with Crippen molar-refractivity contribution in [2.45, 2.75) is 0 Å². The molecule has 1 heterocycles. The van der Waals surface area contributed by atoms with Crippen LogP contribution in [-0.4, -0.2) is 12.1 Å². The van der Waals surface area contributed by atoms with E-state index in [4.69, 9.17) is 26.7 Å². The minimum Gasteiger partial charge on any atom is -0.480 e. The molecule has 4 N–H and O–H groups in total. The highest BCUT2D eigenvalue weighted by Crippen LogP contribution is 2.27. The molecule has 0 aliphatic rings. The number of nitrogens with zero attached hydrogens (tertiary/aromatic N) is 3. The van der Waals surface area contributed by atoms with Crippen molar-refractivity contribution in [2.75, 3.05) is 18.6 Å². The van der Waals surface area contributed by atoms with Crippen molar-refractivity contribution < 1.29 is 4.74 Å². The Labute approximate surface area is 80.3 Å². The number of hydrogen-bond donors (Lipinski definition) is 2. The minimum atomic E-state index is -0.0409. The van der Waals surface area contributed by atoms with Gasteiger partial charge in [-0.25, -0.2) is 0 Å². The van der Waals surface area contributed by atoms with E-state index in [-0.39, 0.29) is 28.5 Å². The number of nitrogens with two attached hydrogens (primary N) is 2. The molecule has 0 saturated heterocycles. The summed E-state index contributed by atoms with van der Waals surface area (Å²) in [7, 11) is 1.34. The summed E-state index contributed by atoms with van der Waals surface area (Å²) in [6.45, 7) is 0. The van der Waals surface area contributed by atoms with Crippen LogP contribution in [0.1, 0.15) is 11.1 Å². The number of rotatable bonds is 1. The molecule has 14 heavy (non-hydrogen) atoms. The second-order valence-corrected chi connectivity index (χ2v) is 2.39. The highest BCUT2D eigenvalue weighted by molar-refractivity contribution is 5.73. The first-order valence-corrected chi connectivity index (χ1v) is 3.58. The molecule has 0 aromatic carbocycles. The molecular weight excluding hydrogens is 182 g/mol. The predicted molar refractivity (Wildman–Crippen MR) is 49.0 cm³/mol. The lowest BCUT2D eigenvalue weighted by molar-refractivity contribution is 0.397. The third-order valence-corrected chi connectivity index (χ3v) is 1.65. The maximum atomic E-state index is 8.74. The van der Waals surface area contributed by atoms with Gasteiger partial charge in [0.05, 0.1) is 12.8 Å². The van der Waals surface area contributed by atoms with Crippen molar-refractivity contribution in [3.8, 4) is 18.0 Å². The molecule has 0 radical (unpaired) electrons. The summed E-state index contributed by atoms with van der Waals surface area (Å²) in [5.74, 6) is -0.0117. The topological polar surface area (TPSA) is 122 Å². The number of ether oxygens (including phenoxy) is 1. The molecule has 0 bridgehead atoms. The summed E-state index contributed by atoms with van der Waals surface area (Å²) in [5.41, 5.74) is 11.0. The van der Waals surface area contributed by atoms with Gasteiger partial charge in [0, 0.05) is 0 Å². The molecule has 0 aliphatic carbocycles. The van der Waals surface area contributed by atoms with Crippen molar-refractivity contribution in [1.29, 1.82) is 10.5 Å². The maximum absolute atomic E-state index is 8.74. The molecule has 1 aromatic heterocycles. The zero-order valence-electron chi connectivity index (χ0n) is 7.40. The lowest BCUT2D eigenvalue weighted by Gasteiger charge is -2.07. The fraction of sp³-hybridized carbons (Fsp3) is 0.125. The van der Waals surface area contributed by atoms with Gasteiger partial charge in [-0.3, -0.25) is 0 Å². The quantitative estimate of drug-likeness (QED) is 0.641. The van der Waals surface area contributed by atoms with Gasteiger partial charge in [-0.15, -0.1) is 0 Å². The van der Waals surface area contributed by atoms with Crippen LogP contribution in [0.4, 0.5) is 11.5 Å². The number of nitriles is 2. The molecule has 6 heteroatoms. The zero-order chi connectivity index (χ0) is 10.7. The van der Waals surface area contributed by atoms with E-state index in [0.717, 1.165) is 0 Å². The van der Waals surface area contributed by atoms with Crippen molar-refractivity contribution in [3.05, 3.63) is 11.1 Å². The highest BCUT2D eigenvalue weighted by Gasteiger charge is 2.16. The van der Waals surface area contributed by atoms with Crippen molar-refractivity contribution in [3.63, 3.8) is 0 Å². The van der Waals surface area contributed by atoms with Crippen molar-refractivity contribution >= 4 is 11.5 Å². The van der Waals surface area contributed by atoms with Gasteiger partial charge >= 0.3 is 0 Å². The zero-order valence-corrected chi connectivity index (χ0v) is 7.40. The Balaban J connectivity index is 3.60. The second kappa shape index (κ2) is 3.50. The van der Waals surface area contributed by atoms with E-state index in [0.29, 0.717) is 0 Å². The second-order valence-electron chi connectivity index (χ2n) is 2.39. The van der Waals surface area contributed by atoms with Crippen LogP contribution in [0.25, 0.3) is 0 Å². The number of nitrogen functional groups attached to an aromatic ring is 2. The molecule has 0 spiro atoms. The van der Waals surface area contributed by atoms with Gasteiger partial charge in [-0.05, 0) is 0 Å². The van der Waals surface area contributed by atoms with E-state index in [1.807, 2.05) is 0 Å². The van der Waals surface area contributed by atoms with E-state index in [2.05, 4.69) is 4.98 Å². The van der Waals surface area contributed by atoms with Crippen LogP contribution in [0.2, 0.25) is 0 Å². The normalized spacial score (nSPS) is 8.79. The first-order chi connectivity index (χ1) is 6.65. The fourth-order valence-corrected chi connectivity index (χ4v) is 0.973. The molecule has 0 unspecified atom stereocenters. The first kappa shape index (κ1) is 9.62. The molecule has 0 saturated carbocycles. The Morgan fingerprint density at radius 1 is 1.21 bits per heavy atom. The first-order valence-electron chi connectivity index (χ1n) is 3.58. The van der Waals surface area contributed by atoms with E-state index in [1.165, 1.54) is 7.11 Å². The molecule has 0 fully saturated rings. The molecule has 6 nitrogen and oxygen atoms in total. The number of methoxy groups -OCH3 is 1. The van der Waals surface area contributed by atoms with Gasteiger partial charge < -0.3 is 16.2 Å². The lowest BCUT2D eigenvalue weighted by Crippen LogP contribution is -2.05. The standard InChI is InChI=1S/C8H7N5O/c1-14-8-5(3-10)6(11)4(2-9)7(12)13-8/h1H3,(H4,11,12,13). The molecule has 0 amide bonds. The Hall–Kier alpha value is -2.47. The number of aromatic nitrogens is 1. The number of pyridine rings is 1. The van der Waals surface area contributed by atoms with Gasteiger partial charge in [0.1, 0.15) is 29.1 Å². The van der Waals surface area contributed by atoms with Crippen LogP contribution in [0.15, 0.2) is 0 Å². The average molecular weight is 189 g/mol. The SMILES string of the molecule is COc1nc(N)c(C#N)c(N)c1C#N. The van der Waals surface area contributed by atoms with Gasteiger partial charge in [0.2, 0.25) is 5.88 Å². The summed E-state index contributed by atoms with van der Waals surface area (Å²) in [5, 5.41) is 17.4. The third kappa shape index (κ3) is 1.25. The van der Waals surface area contributed by atoms with Crippen LogP contribution >= 0.6 is 0 Å². The molecule has 1 aromatic rings. The van der Waals surface area contributed by atoms with E-state index >= 15 is 0 Å². The predicted octanol–water partition coefficient (Wildman–Crippen LogP) is -0.00204. The van der Waals surface area contributed by atoms with Crippen molar-refractivity contribution in [1.82, 2.24) is 4.98 Å². The maximum Gasteiger partial charge on any atom is 0.235 e. The fourth-order valence-electron chi connectivity index (χ4n) is 0.973. The van der Waals surface area contributed by atoms with Crippen molar-refractivity contribution in [2.24, 2.45) is 0 Å². The van der Waals surface area contributed by atoms with Crippen LogP contribution in [0.3, 0.4) is 0 Å². The molecule has 70 valence electrons. The van der Waals surface area contributed by atoms with Crippen LogP contribution in [0, 0.1) is 22.7 Å². The van der Waals surface area contributed by atoms with Crippen LogP contribution in [0.5, 0.6) is 5.88 Å². The van der Waals surface area contributed by atoms with Gasteiger partial charge in [-0.1, -0.05) is 0 Å². The van der Waals surface area contributed by atoms with Gasteiger partial charge in [0.15, 0.2) is 0 Å². The highest BCUT2D eigenvalue weighted by atomic mass is 16.5. The minimum absolute atomic E-state index is 0.000602. The van der Waals surface area contributed by atoms with E-state index in [9.17, 15) is 0 Å². The van der Waals surface area contributed by atoms with E-state index < -0.39 is 0 Å². The largest absolute Gasteiger partial charge is 0.480 e. The Morgan fingerprint density at radius 2 is 1.79 bits per heavy atom. The smallest absolute Gasteiger partial charge is 0.235 e. The third-order valence-electron chi connectivity index (χ3n) is 1.65. The molecule has 0 aliphatic heterocycles. The van der Waals surface area contributed by atoms with Gasteiger partial charge in [0.25, 0.3) is 0 Å². The van der Waals surface area contributed by atoms with Crippen LogP contribution < -0.4 is 16.2 Å². The monoisotopic (exact) mass is 189 g/mol. The van der Waals surface area contributed by atoms with Gasteiger partial charge in [-0.2, -0.15) is 15.5 Å².